The minimum absolute atomic E-state index is 0.0561. The zero-order valence-electron chi connectivity index (χ0n) is 31.0. The summed E-state index contributed by atoms with van der Waals surface area (Å²) in [5.41, 5.74) is 6.50. The molecule has 0 radical (unpaired) electrons. The van der Waals surface area contributed by atoms with Gasteiger partial charge in [0.15, 0.2) is 23.0 Å². The number of benzene rings is 4. The van der Waals surface area contributed by atoms with Gasteiger partial charge in [-0.05, 0) is 90.3 Å². The average Bonchev–Trinajstić information content (AvgIpc) is 3.20. The first-order valence-corrected chi connectivity index (χ1v) is 16.5. The highest BCUT2D eigenvalue weighted by Gasteiger charge is 2.20. The molecule has 0 atom stereocenters. The van der Waals surface area contributed by atoms with Crippen molar-refractivity contribution < 1.29 is 57.1 Å². The van der Waals surface area contributed by atoms with Gasteiger partial charge in [-0.25, -0.2) is 20.4 Å². The van der Waals surface area contributed by atoms with Crippen molar-refractivity contribution in [2.75, 3.05) is 42.7 Å². The third kappa shape index (κ3) is 11.4. The van der Waals surface area contributed by atoms with Crippen molar-refractivity contribution in [3.63, 3.8) is 0 Å². The van der Waals surface area contributed by atoms with Crippen LogP contribution in [0.2, 0.25) is 0 Å². The molecule has 0 aliphatic rings. The second kappa shape index (κ2) is 20.2. The molecule has 2 N–H and O–H groups in total. The van der Waals surface area contributed by atoms with Gasteiger partial charge in [-0.3, -0.25) is 9.59 Å². The van der Waals surface area contributed by atoms with Crippen molar-refractivity contribution in [3.8, 4) is 46.0 Å². The zero-order valence-corrected chi connectivity index (χ0v) is 31.0. The Kier molecular flexibility index (Phi) is 15.0. The van der Waals surface area contributed by atoms with Crippen LogP contribution in [-0.2, 0) is 9.59 Å². The summed E-state index contributed by atoms with van der Waals surface area (Å²) in [6.07, 6.45) is 3.23. The van der Waals surface area contributed by atoms with Crippen LogP contribution in [0.15, 0.2) is 83.0 Å². The van der Waals surface area contributed by atoms with Crippen LogP contribution in [0, 0.1) is 0 Å². The van der Waals surface area contributed by atoms with Crippen LogP contribution in [0.3, 0.4) is 0 Å². The van der Waals surface area contributed by atoms with Crippen molar-refractivity contribution >= 4 is 36.2 Å². The molecule has 4 rings (SSSR count). The van der Waals surface area contributed by atoms with Gasteiger partial charge in [0.2, 0.25) is 23.3 Å². The van der Waals surface area contributed by atoms with E-state index in [0.717, 1.165) is 0 Å². The minimum Gasteiger partial charge on any atom is -0.493 e. The molecule has 4 aromatic rings. The van der Waals surface area contributed by atoms with E-state index in [2.05, 4.69) is 21.1 Å². The van der Waals surface area contributed by atoms with Crippen LogP contribution in [-0.4, -0.2) is 78.8 Å². The van der Waals surface area contributed by atoms with Gasteiger partial charge < -0.3 is 37.9 Å². The summed E-state index contributed by atoms with van der Waals surface area (Å²) in [5, 5.41) is 7.87. The lowest BCUT2D eigenvalue weighted by atomic mass is 10.2. The molecular weight excluding hydrogens is 716 g/mol. The van der Waals surface area contributed by atoms with E-state index in [9.17, 15) is 19.2 Å². The predicted octanol–water partition coefficient (Wildman–Crippen LogP) is 4.95. The lowest BCUT2D eigenvalue weighted by Gasteiger charge is -2.13. The largest absolute Gasteiger partial charge is 0.493 e. The first kappa shape index (κ1) is 40.7. The number of esters is 2. The zero-order chi connectivity index (χ0) is 39.7. The summed E-state index contributed by atoms with van der Waals surface area (Å²) in [6.45, 7) is 0. The summed E-state index contributed by atoms with van der Waals surface area (Å²) in [7, 11) is 8.71. The molecule has 0 saturated heterocycles. The van der Waals surface area contributed by atoms with E-state index in [1.54, 1.807) is 48.5 Å². The molecule has 0 aliphatic carbocycles. The third-order valence-electron chi connectivity index (χ3n) is 7.60. The summed E-state index contributed by atoms with van der Waals surface area (Å²) in [6, 6.07) is 18.9. The minimum atomic E-state index is -0.629. The average molecular weight is 757 g/mol. The first-order valence-electron chi connectivity index (χ1n) is 16.5. The lowest BCUT2D eigenvalue weighted by molar-refractivity contribution is -0.122. The number of hydrogen-bond donors (Lipinski definition) is 2. The molecule has 0 bridgehead atoms. The summed E-state index contributed by atoms with van der Waals surface area (Å²) in [4.78, 5) is 49.9. The van der Waals surface area contributed by atoms with Crippen LogP contribution >= 0.6 is 0 Å². The van der Waals surface area contributed by atoms with E-state index in [1.807, 2.05) is 0 Å². The first-order chi connectivity index (χ1) is 26.6. The van der Waals surface area contributed by atoms with E-state index in [0.29, 0.717) is 45.6 Å². The monoisotopic (exact) mass is 756 g/mol. The molecule has 0 saturated carbocycles. The molecule has 0 aliphatic heterocycles. The fraction of sp³-hybridized carbons (Fsp3) is 0.231. The number of carbonyl (C=O) groups is 4. The number of hydrazone groups is 2. The van der Waals surface area contributed by atoms with Crippen LogP contribution in [0.1, 0.15) is 51.1 Å². The number of carbonyl (C=O) groups excluding carboxylic acids is 4. The van der Waals surface area contributed by atoms with Crippen molar-refractivity contribution in [1.82, 2.24) is 10.9 Å². The SMILES string of the molecule is COc1cc(C(=O)Oc2ccc(C=NNC(=O)CCCC(=O)NN=Cc3ccc(OC(=O)c4cc(OC)c(OC)c(OC)c4)cc3)cc2)cc(OC)c1OC. The van der Waals surface area contributed by atoms with Gasteiger partial charge in [-0.1, -0.05) is 0 Å². The van der Waals surface area contributed by atoms with Crippen LogP contribution in [0.5, 0.6) is 46.0 Å². The van der Waals surface area contributed by atoms with Crippen molar-refractivity contribution in [1.29, 1.82) is 0 Å². The van der Waals surface area contributed by atoms with Crippen molar-refractivity contribution in [2.24, 2.45) is 10.2 Å². The van der Waals surface area contributed by atoms with E-state index >= 15 is 0 Å². The molecule has 0 heterocycles. The van der Waals surface area contributed by atoms with Gasteiger partial charge in [0.05, 0.1) is 66.2 Å². The highest BCUT2D eigenvalue weighted by atomic mass is 16.6. The standard InChI is InChI=1S/C39H40N4O12/c1-48-30-18-26(19-31(49-2)36(30)52-5)38(46)54-28-14-10-24(11-15-28)22-40-42-34(44)8-7-9-35(45)43-41-23-25-12-16-29(17-13-25)55-39(47)27-20-32(50-3)37(53-6)33(21-27)51-4/h10-23H,7-9H2,1-6H3,(H,42,44)(H,43,45). The maximum Gasteiger partial charge on any atom is 0.343 e. The van der Waals surface area contributed by atoms with Crippen molar-refractivity contribution in [3.05, 3.63) is 95.1 Å². The topological polar surface area (TPSA) is 191 Å². The van der Waals surface area contributed by atoms with E-state index in [1.165, 1.54) is 79.4 Å². The Labute approximate surface area is 316 Å². The normalized spacial score (nSPS) is 10.7. The van der Waals surface area contributed by atoms with Crippen LogP contribution in [0.4, 0.5) is 0 Å². The number of amides is 2. The number of hydrogen-bond acceptors (Lipinski definition) is 14. The number of nitrogens with one attached hydrogen (secondary N) is 2. The van der Waals surface area contributed by atoms with E-state index in [4.69, 9.17) is 37.9 Å². The highest BCUT2D eigenvalue weighted by Crippen LogP contribution is 2.39. The summed E-state index contributed by atoms with van der Waals surface area (Å²) < 4.78 is 42.6. The molecule has 2 amide bonds. The molecule has 0 unspecified atom stereocenters. The maximum absolute atomic E-state index is 12.7. The summed E-state index contributed by atoms with van der Waals surface area (Å²) in [5.74, 6) is 0.514. The van der Waals surface area contributed by atoms with Gasteiger partial charge in [-0.2, -0.15) is 10.2 Å². The highest BCUT2D eigenvalue weighted by molar-refractivity contribution is 5.94. The fourth-order valence-electron chi connectivity index (χ4n) is 4.85. The van der Waals surface area contributed by atoms with Crippen molar-refractivity contribution in [2.45, 2.75) is 19.3 Å². The molecule has 0 spiro atoms. The molecule has 16 nitrogen and oxygen atoms in total. The van der Waals surface area contributed by atoms with Crippen LogP contribution < -0.4 is 48.7 Å². The Morgan fingerprint density at radius 1 is 0.509 bits per heavy atom. The molecule has 288 valence electrons. The fourth-order valence-corrected chi connectivity index (χ4v) is 4.85. The van der Waals surface area contributed by atoms with Gasteiger partial charge in [-0.15, -0.1) is 0 Å². The van der Waals surface area contributed by atoms with Gasteiger partial charge >= 0.3 is 11.9 Å². The molecular formula is C39H40N4O12. The smallest absolute Gasteiger partial charge is 0.343 e. The number of ether oxygens (including phenoxy) is 8. The second-order valence-corrected chi connectivity index (χ2v) is 11.2. The molecule has 4 aromatic carbocycles. The summed E-state index contributed by atoms with van der Waals surface area (Å²) >= 11 is 0. The Morgan fingerprint density at radius 3 is 1.13 bits per heavy atom. The second-order valence-electron chi connectivity index (χ2n) is 11.2. The van der Waals surface area contributed by atoms with Gasteiger partial charge in [0, 0.05) is 12.8 Å². The third-order valence-corrected chi connectivity index (χ3v) is 7.60. The number of nitrogens with zero attached hydrogens (tertiary/aromatic N) is 2. The molecule has 55 heavy (non-hydrogen) atoms. The quantitative estimate of drug-likeness (QED) is 0.0602. The Bertz CT molecular complexity index is 1830. The molecule has 16 heteroatoms. The van der Waals surface area contributed by atoms with E-state index in [-0.39, 0.29) is 53.7 Å². The number of methoxy groups -OCH3 is 6. The lowest BCUT2D eigenvalue weighted by Crippen LogP contribution is -2.20. The Hall–Kier alpha value is -7.10. The van der Waals surface area contributed by atoms with E-state index < -0.39 is 11.9 Å². The Balaban J connectivity index is 1.16. The van der Waals surface area contributed by atoms with Gasteiger partial charge in [0.1, 0.15) is 11.5 Å². The predicted molar refractivity (Wildman–Crippen MR) is 200 cm³/mol. The maximum atomic E-state index is 12.7. The van der Waals surface area contributed by atoms with Crippen LogP contribution in [0.25, 0.3) is 0 Å². The molecule has 0 fully saturated rings. The van der Waals surface area contributed by atoms with Gasteiger partial charge in [0.25, 0.3) is 0 Å². The molecule has 0 aromatic heterocycles. The number of rotatable bonds is 18. The Morgan fingerprint density at radius 2 is 0.836 bits per heavy atom.